The smallest absolute Gasteiger partial charge is 0.120 e. The van der Waals surface area contributed by atoms with Gasteiger partial charge in [-0.15, -0.1) is 0 Å². The minimum absolute atomic E-state index is 0.366. The second kappa shape index (κ2) is 5.20. The van der Waals surface area contributed by atoms with Gasteiger partial charge < -0.3 is 15.2 Å². The van der Waals surface area contributed by atoms with E-state index in [4.69, 9.17) is 4.74 Å². The number of aromatic hydroxyl groups is 1. The molecule has 114 valence electrons. The molecule has 3 aliphatic carbocycles. The SMILES string of the molecule is COc1ccc(O)c(CNC2CC3CC2C2CCCC32)c1. The summed E-state index contributed by atoms with van der Waals surface area (Å²) in [7, 11) is 1.67. The van der Waals surface area contributed by atoms with Crippen LogP contribution in [0.5, 0.6) is 11.5 Å². The van der Waals surface area contributed by atoms with Gasteiger partial charge in [-0.1, -0.05) is 6.42 Å². The molecule has 3 aliphatic rings. The summed E-state index contributed by atoms with van der Waals surface area (Å²) in [5, 5.41) is 13.7. The number of hydrogen-bond donors (Lipinski definition) is 2. The number of ether oxygens (including phenoxy) is 1. The lowest BCUT2D eigenvalue weighted by Gasteiger charge is -2.32. The lowest BCUT2D eigenvalue weighted by molar-refractivity contribution is 0.207. The highest BCUT2D eigenvalue weighted by molar-refractivity contribution is 5.39. The fourth-order valence-electron chi connectivity index (χ4n) is 5.37. The van der Waals surface area contributed by atoms with Crippen LogP contribution in [0.3, 0.4) is 0 Å². The Hall–Kier alpha value is -1.22. The van der Waals surface area contributed by atoms with Crippen molar-refractivity contribution in [3.05, 3.63) is 23.8 Å². The first-order valence-corrected chi connectivity index (χ1v) is 8.35. The van der Waals surface area contributed by atoms with Crippen molar-refractivity contribution in [2.45, 2.75) is 44.7 Å². The van der Waals surface area contributed by atoms with E-state index in [1.165, 1.54) is 32.1 Å². The highest BCUT2D eigenvalue weighted by Gasteiger charge is 2.53. The quantitative estimate of drug-likeness (QED) is 0.892. The van der Waals surface area contributed by atoms with Crippen LogP contribution < -0.4 is 10.1 Å². The van der Waals surface area contributed by atoms with E-state index in [0.717, 1.165) is 41.5 Å². The number of benzene rings is 1. The predicted octanol–water partition coefficient (Wildman–Crippen LogP) is 3.32. The first-order chi connectivity index (χ1) is 10.3. The molecule has 3 fully saturated rings. The van der Waals surface area contributed by atoms with Crippen LogP contribution >= 0.6 is 0 Å². The van der Waals surface area contributed by atoms with Gasteiger partial charge in [0.2, 0.25) is 0 Å². The topological polar surface area (TPSA) is 41.5 Å². The van der Waals surface area contributed by atoms with Crippen molar-refractivity contribution < 1.29 is 9.84 Å². The number of rotatable bonds is 4. The molecule has 3 heteroatoms. The molecule has 2 bridgehead atoms. The monoisotopic (exact) mass is 287 g/mol. The fourth-order valence-corrected chi connectivity index (χ4v) is 5.37. The Bertz CT molecular complexity index is 530. The predicted molar refractivity (Wildman–Crippen MR) is 82.3 cm³/mol. The Labute approximate surface area is 126 Å². The molecule has 0 aromatic heterocycles. The van der Waals surface area contributed by atoms with Crippen molar-refractivity contribution in [3.63, 3.8) is 0 Å². The van der Waals surface area contributed by atoms with Gasteiger partial charge in [-0.3, -0.25) is 0 Å². The maximum absolute atomic E-state index is 9.99. The Kier molecular flexibility index (Phi) is 3.33. The molecule has 3 nitrogen and oxygen atoms in total. The van der Waals surface area contributed by atoms with Crippen LogP contribution in [0.4, 0.5) is 0 Å². The first kappa shape index (κ1) is 13.4. The average Bonchev–Trinajstić information content (AvgIpc) is 3.18. The summed E-state index contributed by atoms with van der Waals surface area (Å²) in [5.74, 6) is 5.06. The second-order valence-electron chi connectivity index (χ2n) is 7.14. The summed E-state index contributed by atoms with van der Waals surface area (Å²) < 4.78 is 5.25. The van der Waals surface area contributed by atoms with E-state index in [1.54, 1.807) is 19.2 Å². The zero-order valence-corrected chi connectivity index (χ0v) is 12.7. The third kappa shape index (κ3) is 2.22. The molecule has 21 heavy (non-hydrogen) atoms. The minimum atomic E-state index is 0.366. The molecule has 0 saturated heterocycles. The van der Waals surface area contributed by atoms with Gasteiger partial charge in [0.25, 0.3) is 0 Å². The zero-order chi connectivity index (χ0) is 14.4. The van der Waals surface area contributed by atoms with Gasteiger partial charge in [-0.05, 0) is 67.6 Å². The molecule has 0 aliphatic heterocycles. The molecular formula is C18H25NO2. The molecule has 5 unspecified atom stereocenters. The lowest BCUT2D eigenvalue weighted by Crippen LogP contribution is -2.38. The number of phenols is 1. The van der Waals surface area contributed by atoms with E-state index in [9.17, 15) is 5.11 Å². The highest BCUT2D eigenvalue weighted by Crippen LogP contribution is 2.58. The third-order valence-corrected chi connectivity index (χ3v) is 6.27. The van der Waals surface area contributed by atoms with Crippen molar-refractivity contribution in [3.8, 4) is 11.5 Å². The molecule has 4 rings (SSSR count). The summed E-state index contributed by atoms with van der Waals surface area (Å²) in [4.78, 5) is 0. The Morgan fingerprint density at radius 2 is 2.05 bits per heavy atom. The standard InChI is InChI=1S/C18H25NO2/c1-21-13-5-6-18(20)12(7-13)10-19-17-9-11-8-16(17)15-4-2-3-14(11)15/h5-7,11,14-17,19-20H,2-4,8-10H2,1H3. The summed E-state index contributed by atoms with van der Waals surface area (Å²) in [6, 6.07) is 6.12. The van der Waals surface area contributed by atoms with E-state index in [0.29, 0.717) is 11.8 Å². The summed E-state index contributed by atoms with van der Waals surface area (Å²) in [6.45, 7) is 0.744. The minimum Gasteiger partial charge on any atom is -0.508 e. The summed E-state index contributed by atoms with van der Waals surface area (Å²) in [6.07, 6.45) is 7.17. The molecule has 3 saturated carbocycles. The van der Waals surface area contributed by atoms with Gasteiger partial charge in [-0.25, -0.2) is 0 Å². The molecule has 0 radical (unpaired) electrons. The van der Waals surface area contributed by atoms with Crippen molar-refractivity contribution in [2.24, 2.45) is 23.7 Å². The van der Waals surface area contributed by atoms with Crippen molar-refractivity contribution in [2.75, 3.05) is 7.11 Å². The van der Waals surface area contributed by atoms with Crippen LogP contribution in [0.2, 0.25) is 0 Å². The number of methoxy groups -OCH3 is 1. The Morgan fingerprint density at radius 3 is 2.90 bits per heavy atom. The average molecular weight is 287 g/mol. The van der Waals surface area contributed by atoms with Crippen molar-refractivity contribution in [1.82, 2.24) is 5.32 Å². The van der Waals surface area contributed by atoms with Gasteiger partial charge in [0.15, 0.2) is 0 Å². The highest BCUT2D eigenvalue weighted by atomic mass is 16.5. The molecule has 0 spiro atoms. The van der Waals surface area contributed by atoms with Crippen LogP contribution in [0, 0.1) is 23.7 Å². The molecule has 0 heterocycles. The van der Waals surface area contributed by atoms with Crippen molar-refractivity contribution >= 4 is 0 Å². The summed E-state index contributed by atoms with van der Waals surface area (Å²) >= 11 is 0. The molecule has 0 amide bonds. The van der Waals surface area contributed by atoms with E-state index in [2.05, 4.69) is 5.32 Å². The molecule has 5 atom stereocenters. The van der Waals surface area contributed by atoms with E-state index < -0.39 is 0 Å². The van der Waals surface area contributed by atoms with Gasteiger partial charge in [0.1, 0.15) is 11.5 Å². The van der Waals surface area contributed by atoms with Crippen LogP contribution in [0.1, 0.15) is 37.7 Å². The number of phenolic OH excluding ortho intramolecular Hbond substituents is 1. The first-order valence-electron chi connectivity index (χ1n) is 8.35. The Balaban J connectivity index is 1.42. The largest absolute Gasteiger partial charge is 0.508 e. The fraction of sp³-hybridized carbons (Fsp3) is 0.667. The molecule has 1 aromatic carbocycles. The molecule has 2 N–H and O–H groups in total. The van der Waals surface area contributed by atoms with E-state index in [-0.39, 0.29) is 0 Å². The van der Waals surface area contributed by atoms with E-state index >= 15 is 0 Å². The Morgan fingerprint density at radius 1 is 1.19 bits per heavy atom. The normalized spacial score (nSPS) is 36.9. The molecular weight excluding hydrogens is 262 g/mol. The summed E-state index contributed by atoms with van der Waals surface area (Å²) in [5.41, 5.74) is 0.945. The lowest BCUT2D eigenvalue weighted by atomic mass is 9.79. The van der Waals surface area contributed by atoms with Crippen LogP contribution in [0.25, 0.3) is 0 Å². The second-order valence-corrected chi connectivity index (χ2v) is 7.14. The van der Waals surface area contributed by atoms with Crippen LogP contribution in [-0.2, 0) is 6.54 Å². The maximum atomic E-state index is 9.99. The number of nitrogens with one attached hydrogen (secondary N) is 1. The van der Waals surface area contributed by atoms with Crippen LogP contribution in [0.15, 0.2) is 18.2 Å². The number of hydrogen-bond acceptors (Lipinski definition) is 3. The van der Waals surface area contributed by atoms with Crippen LogP contribution in [-0.4, -0.2) is 18.3 Å². The third-order valence-electron chi connectivity index (χ3n) is 6.27. The van der Waals surface area contributed by atoms with Crippen molar-refractivity contribution in [1.29, 1.82) is 0 Å². The van der Waals surface area contributed by atoms with Gasteiger partial charge >= 0.3 is 0 Å². The number of fused-ring (bicyclic) bond motifs is 5. The molecule has 1 aromatic rings. The van der Waals surface area contributed by atoms with Gasteiger partial charge in [0.05, 0.1) is 7.11 Å². The maximum Gasteiger partial charge on any atom is 0.120 e. The van der Waals surface area contributed by atoms with E-state index in [1.807, 2.05) is 6.07 Å². The zero-order valence-electron chi connectivity index (χ0n) is 12.7. The van der Waals surface area contributed by atoms with Gasteiger partial charge in [-0.2, -0.15) is 0 Å². The van der Waals surface area contributed by atoms with Gasteiger partial charge in [0, 0.05) is 18.2 Å².